The summed E-state index contributed by atoms with van der Waals surface area (Å²) in [6.07, 6.45) is 4.79. The van der Waals surface area contributed by atoms with Crippen LogP contribution in [0.5, 0.6) is 5.75 Å². The maximum Gasteiger partial charge on any atom is 0.273 e. The fraction of sp³-hybridized carbons (Fsp3) is 0.467. The fourth-order valence-electron chi connectivity index (χ4n) is 5.10. The van der Waals surface area contributed by atoms with Crippen LogP contribution < -0.4 is 20.1 Å². The van der Waals surface area contributed by atoms with Gasteiger partial charge in [-0.15, -0.1) is 5.10 Å². The summed E-state index contributed by atoms with van der Waals surface area (Å²) in [5.74, 6) is -0.149. The van der Waals surface area contributed by atoms with Crippen molar-refractivity contribution in [2.24, 2.45) is 5.92 Å². The van der Waals surface area contributed by atoms with Crippen LogP contribution in [0, 0.1) is 12.8 Å². The Morgan fingerprint density at radius 3 is 2.49 bits per heavy atom. The molecule has 43 heavy (non-hydrogen) atoms. The molecule has 3 aromatic rings. The minimum Gasteiger partial charge on any atom is -0.492 e. The number of nitrogens with one attached hydrogen (secondary N) is 3. The number of likely N-dealkylation sites (tertiary alicyclic amines) is 1. The van der Waals surface area contributed by atoms with Gasteiger partial charge in [0.1, 0.15) is 0 Å². The molecule has 1 atom stereocenters. The summed E-state index contributed by atoms with van der Waals surface area (Å²) in [4.78, 5) is 28.5. The van der Waals surface area contributed by atoms with Crippen molar-refractivity contribution in [2.45, 2.75) is 46.0 Å². The number of sulfonamides is 1. The normalized spacial score (nSPS) is 16.0. The summed E-state index contributed by atoms with van der Waals surface area (Å²) in [6.45, 7) is 10.4. The molecule has 1 fully saturated rings. The number of carbonyl (C=O) groups is 2. The first-order chi connectivity index (χ1) is 20.1. The first kappa shape index (κ1) is 32.0. The number of aromatic nitrogens is 3. The quantitative estimate of drug-likeness (QED) is 0.333. The molecule has 1 aliphatic heterocycles. The fourth-order valence-corrected chi connectivity index (χ4v) is 5.65. The predicted molar refractivity (Wildman–Crippen MR) is 167 cm³/mol. The number of anilines is 2. The second kappa shape index (κ2) is 12.7. The molecular weight excluding hydrogens is 570 g/mol. The standard InChI is InChI=1S/C30H41N7O5S/c1-19-10-11-21(13-26(19)37-18-25(33-35-37)29(39)31-16-20-9-8-12-36(5)17-20)28(38)32-23-14-22(30(2,3)4)15-24(27(23)42-6)34-43(7,40)41/h10-11,13-15,18,20,34H,8-9,12,16-17H2,1-7H3,(H,31,39)(H,32,38). The van der Waals surface area contributed by atoms with Gasteiger partial charge in [-0.05, 0) is 80.1 Å². The van der Waals surface area contributed by atoms with Crippen LogP contribution in [0.2, 0.25) is 0 Å². The van der Waals surface area contributed by atoms with Crippen LogP contribution in [0.3, 0.4) is 0 Å². The van der Waals surface area contributed by atoms with Crippen molar-refractivity contribution in [1.82, 2.24) is 25.2 Å². The number of hydrogen-bond acceptors (Lipinski definition) is 8. The molecule has 3 N–H and O–H groups in total. The van der Waals surface area contributed by atoms with Gasteiger partial charge in [0, 0.05) is 18.7 Å². The van der Waals surface area contributed by atoms with E-state index in [0.29, 0.717) is 29.4 Å². The molecule has 0 spiro atoms. The highest BCUT2D eigenvalue weighted by Crippen LogP contribution is 2.39. The van der Waals surface area contributed by atoms with E-state index in [1.807, 2.05) is 27.7 Å². The van der Waals surface area contributed by atoms with E-state index in [-0.39, 0.29) is 28.5 Å². The Morgan fingerprint density at radius 2 is 1.84 bits per heavy atom. The molecule has 0 bridgehead atoms. The lowest BCUT2D eigenvalue weighted by molar-refractivity contribution is 0.0931. The van der Waals surface area contributed by atoms with Crippen LogP contribution in [0.4, 0.5) is 11.4 Å². The second-order valence-electron chi connectivity index (χ2n) is 12.2. The van der Waals surface area contributed by atoms with Crippen molar-refractivity contribution in [2.75, 3.05) is 50.1 Å². The zero-order valence-electron chi connectivity index (χ0n) is 25.8. The number of nitrogens with zero attached hydrogens (tertiary/aromatic N) is 4. The average Bonchev–Trinajstić information content (AvgIpc) is 3.41. The first-order valence-corrected chi connectivity index (χ1v) is 16.1. The predicted octanol–water partition coefficient (Wildman–Crippen LogP) is 3.58. The molecular formula is C30H41N7O5S. The van der Waals surface area contributed by atoms with E-state index in [0.717, 1.165) is 43.3 Å². The van der Waals surface area contributed by atoms with Gasteiger partial charge in [0.05, 0.1) is 36.6 Å². The summed E-state index contributed by atoms with van der Waals surface area (Å²) in [5.41, 5.74) is 2.91. The molecule has 232 valence electrons. The van der Waals surface area contributed by atoms with Gasteiger partial charge in [0.25, 0.3) is 11.8 Å². The SMILES string of the molecule is COc1c(NC(=O)c2ccc(C)c(-n3cc(C(=O)NCC4CCCN(C)C4)nn3)c2)cc(C(C)(C)C)cc1NS(C)(=O)=O. The van der Waals surface area contributed by atoms with E-state index in [2.05, 4.69) is 37.6 Å². The van der Waals surface area contributed by atoms with Gasteiger partial charge < -0.3 is 20.3 Å². The molecule has 2 amide bonds. The molecule has 0 saturated carbocycles. The first-order valence-electron chi connectivity index (χ1n) is 14.2. The summed E-state index contributed by atoms with van der Waals surface area (Å²) in [7, 11) is -0.121. The minimum atomic E-state index is -3.62. The zero-order valence-corrected chi connectivity index (χ0v) is 26.6. The van der Waals surface area contributed by atoms with E-state index in [1.54, 1.807) is 36.5 Å². The molecule has 12 nitrogen and oxygen atoms in total. The highest BCUT2D eigenvalue weighted by molar-refractivity contribution is 7.92. The lowest BCUT2D eigenvalue weighted by Crippen LogP contribution is -2.39. The van der Waals surface area contributed by atoms with E-state index < -0.39 is 15.9 Å². The third-order valence-corrected chi connectivity index (χ3v) is 8.01. The van der Waals surface area contributed by atoms with E-state index >= 15 is 0 Å². The molecule has 0 radical (unpaired) electrons. The van der Waals surface area contributed by atoms with Gasteiger partial charge in [0.2, 0.25) is 10.0 Å². The molecule has 0 aliphatic carbocycles. The van der Waals surface area contributed by atoms with Crippen LogP contribution in [0.15, 0.2) is 36.5 Å². The van der Waals surface area contributed by atoms with Crippen LogP contribution in [-0.4, -0.2) is 80.2 Å². The van der Waals surface area contributed by atoms with E-state index in [9.17, 15) is 18.0 Å². The van der Waals surface area contributed by atoms with Crippen molar-refractivity contribution in [1.29, 1.82) is 0 Å². The topological polar surface area (TPSA) is 148 Å². The Labute approximate surface area is 253 Å². The van der Waals surface area contributed by atoms with Gasteiger partial charge in [-0.2, -0.15) is 0 Å². The van der Waals surface area contributed by atoms with Gasteiger partial charge in [-0.3, -0.25) is 14.3 Å². The Balaban J connectivity index is 1.56. The van der Waals surface area contributed by atoms with Crippen LogP contribution >= 0.6 is 0 Å². The van der Waals surface area contributed by atoms with Crippen molar-refractivity contribution in [3.05, 3.63) is 58.9 Å². The van der Waals surface area contributed by atoms with Crippen LogP contribution in [-0.2, 0) is 15.4 Å². The third-order valence-electron chi connectivity index (χ3n) is 7.42. The van der Waals surface area contributed by atoms with Crippen molar-refractivity contribution < 1.29 is 22.7 Å². The summed E-state index contributed by atoms with van der Waals surface area (Å²) >= 11 is 0. The molecule has 1 aromatic heterocycles. The third kappa shape index (κ3) is 8.11. The smallest absolute Gasteiger partial charge is 0.273 e. The van der Waals surface area contributed by atoms with Gasteiger partial charge >= 0.3 is 0 Å². The lowest BCUT2D eigenvalue weighted by Gasteiger charge is -2.29. The highest BCUT2D eigenvalue weighted by atomic mass is 32.2. The number of aryl methyl sites for hydroxylation is 1. The lowest BCUT2D eigenvalue weighted by atomic mass is 9.86. The van der Waals surface area contributed by atoms with E-state index in [1.165, 1.54) is 11.8 Å². The number of methoxy groups -OCH3 is 1. The number of benzene rings is 2. The molecule has 13 heteroatoms. The Morgan fingerprint density at radius 1 is 1.12 bits per heavy atom. The maximum atomic E-state index is 13.5. The number of piperidine rings is 1. The minimum absolute atomic E-state index is 0.186. The van der Waals surface area contributed by atoms with Crippen molar-refractivity contribution in [3.63, 3.8) is 0 Å². The molecule has 2 heterocycles. The molecule has 1 aliphatic rings. The summed E-state index contributed by atoms with van der Waals surface area (Å²) < 4.78 is 33.6. The Hall–Kier alpha value is -3.97. The van der Waals surface area contributed by atoms with Crippen molar-refractivity contribution in [3.8, 4) is 11.4 Å². The second-order valence-corrected chi connectivity index (χ2v) is 14.0. The largest absolute Gasteiger partial charge is 0.492 e. The zero-order chi connectivity index (χ0) is 31.5. The average molecular weight is 612 g/mol. The summed E-state index contributed by atoms with van der Waals surface area (Å²) in [5, 5.41) is 14.1. The molecule has 1 saturated heterocycles. The van der Waals surface area contributed by atoms with Crippen molar-refractivity contribution >= 4 is 33.2 Å². The summed E-state index contributed by atoms with van der Waals surface area (Å²) in [6, 6.07) is 8.59. The molecule has 1 unspecified atom stereocenters. The number of rotatable bonds is 9. The number of amides is 2. The van der Waals surface area contributed by atoms with Crippen LogP contribution in [0.25, 0.3) is 5.69 Å². The van der Waals surface area contributed by atoms with Gasteiger partial charge in [0.15, 0.2) is 11.4 Å². The number of hydrogen-bond donors (Lipinski definition) is 3. The van der Waals surface area contributed by atoms with E-state index in [4.69, 9.17) is 4.74 Å². The molecule has 4 rings (SSSR count). The Kier molecular flexibility index (Phi) is 9.45. The highest BCUT2D eigenvalue weighted by Gasteiger charge is 2.23. The van der Waals surface area contributed by atoms with Crippen LogP contribution in [0.1, 0.15) is 65.6 Å². The monoisotopic (exact) mass is 611 g/mol. The Bertz CT molecular complexity index is 1610. The molecule has 2 aromatic carbocycles. The maximum absolute atomic E-state index is 13.5. The van der Waals surface area contributed by atoms with Gasteiger partial charge in [-0.25, -0.2) is 13.1 Å². The number of carbonyl (C=O) groups excluding carboxylic acids is 2. The number of ether oxygens (including phenoxy) is 1. The van der Waals surface area contributed by atoms with Gasteiger partial charge in [-0.1, -0.05) is 32.1 Å².